The highest BCUT2D eigenvalue weighted by Gasteiger charge is 2.25. The van der Waals surface area contributed by atoms with Gasteiger partial charge in [-0.05, 0) is 59.7 Å². The Labute approximate surface area is 197 Å². The first-order valence-corrected chi connectivity index (χ1v) is 10.7. The lowest BCUT2D eigenvalue weighted by molar-refractivity contribution is -0.140. The van der Waals surface area contributed by atoms with Gasteiger partial charge in [0.25, 0.3) is 0 Å². The number of carbonyl (C=O) groups excluding carboxylic acids is 2. The van der Waals surface area contributed by atoms with Gasteiger partial charge >= 0.3 is 11.9 Å². The molecule has 0 aliphatic heterocycles. The Hall–Kier alpha value is -2.96. The van der Waals surface area contributed by atoms with E-state index in [0.717, 1.165) is 33.9 Å². The van der Waals surface area contributed by atoms with E-state index in [4.69, 9.17) is 32.7 Å². The second kappa shape index (κ2) is 11.1. The number of hydrogen-bond acceptors (Lipinski definition) is 6. The molecular formula is C24H24Cl2N2O4. The quantitative estimate of drug-likeness (QED) is 0.460. The number of anilines is 2. The fraction of sp³-hybridized carbons (Fsp3) is 0.250. The van der Waals surface area contributed by atoms with Gasteiger partial charge in [-0.3, -0.25) is 9.59 Å². The van der Waals surface area contributed by atoms with Gasteiger partial charge in [0.15, 0.2) is 0 Å². The lowest BCUT2D eigenvalue weighted by Crippen LogP contribution is -2.19. The minimum absolute atomic E-state index is 0.129. The third-order valence-corrected chi connectivity index (χ3v) is 5.59. The number of benzene rings is 2. The highest BCUT2D eigenvalue weighted by atomic mass is 35.5. The normalized spacial score (nSPS) is 13.6. The maximum absolute atomic E-state index is 12.1. The van der Waals surface area contributed by atoms with Gasteiger partial charge in [0.05, 0.1) is 27.1 Å². The molecular weight excluding hydrogens is 451 g/mol. The Balaban J connectivity index is 1.94. The molecule has 0 radical (unpaired) electrons. The molecule has 2 aromatic carbocycles. The molecule has 0 atom stereocenters. The van der Waals surface area contributed by atoms with Gasteiger partial charge < -0.3 is 20.1 Å². The second-order valence-corrected chi connectivity index (χ2v) is 8.16. The summed E-state index contributed by atoms with van der Waals surface area (Å²) >= 11 is 12.0. The number of nitrogens with one attached hydrogen (secondary N) is 2. The van der Waals surface area contributed by atoms with Crippen molar-refractivity contribution in [3.8, 4) is 0 Å². The number of hydrogen-bond donors (Lipinski definition) is 2. The molecule has 0 aromatic heterocycles. The van der Waals surface area contributed by atoms with Crippen LogP contribution < -0.4 is 10.6 Å². The van der Waals surface area contributed by atoms with Crippen LogP contribution in [-0.4, -0.2) is 26.2 Å². The third kappa shape index (κ3) is 6.52. The summed E-state index contributed by atoms with van der Waals surface area (Å²) in [4.78, 5) is 24.2. The molecule has 6 nitrogen and oxygen atoms in total. The van der Waals surface area contributed by atoms with Crippen molar-refractivity contribution in [3.63, 3.8) is 0 Å². The zero-order valence-corrected chi connectivity index (χ0v) is 19.3. The van der Waals surface area contributed by atoms with E-state index < -0.39 is 0 Å². The highest BCUT2D eigenvalue weighted by Crippen LogP contribution is 2.35. The summed E-state index contributed by atoms with van der Waals surface area (Å²) in [5, 5.41) is 8.02. The summed E-state index contributed by atoms with van der Waals surface area (Å²) in [7, 11) is 2.73. The number of halogens is 2. The number of allylic oxidation sites excluding steroid dienone is 2. The fourth-order valence-corrected chi connectivity index (χ4v) is 3.65. The molecule has 1 aliphatic carbocycles. The van der Waals surface area contributed by atoms with Gasteiger partial charge in [-0.25, -0.2) is 0 Å². The number of methoxy groups -OCH3 is 2. The summed E-state index contributed by atoms with van der Waals surface area (Å²) in [6, 6.07) is 14.6. The van der Waals surface area contributed by atoms with Crippen molar-refractivity contribution in [2.24, 2.45) is 0 Å². The zero-order valence-electron chi connectivity index (χ0n) is 17.8. The number of carbonyl (C=O) groups is 2. The predicted octanol–water partition coefficient (Wildman–Crippen LogP) is 5.95. The smallest absolute Gasteiger partial charge is 0.309 e. The van der Waals surface area contributed by atoms with E-state index in [0.29, 0.717) is 22.9 Å². The van der Waals surface area contributed by atoms with Crippen molar-refractivity contribution >= 4 is 46.5 Å². The minimum Gasteiger partial charge on any atom is -0.469 e. The van der Waals surface area contributed by atoms with E-state index in [1.165, 1.54) is 14.2 Å². The average Bonchev–Trinajstić information content (AvgIpc) is 2.79. The molecule has 2 aromatic rings. The van der Waals surface area contributed by atoms with Gasteiger partial charge in [0.2, 0.25) is 0 Å². The van der Waals surface area contributed by atoms with E-state index >= 15 is 0 Å². The van der Waals surface area contributed by atoms with Crippen molar-refractivity contribution in [1.82, 2.24) is 0 Å². The maximum atomic E-state index is 12.1. The molecule has 3 rings (SSSR count). The van der Waals surface area contributed by atoms with Crippen LogP contribution in [0.1, 0.15) is 25.7 Å². The van der Waals surface area contributed by atoms with Crippen LogP contribution in [0.25, 0.3) is 0 Å². The SMILES string of the molecule is COC(=O)CC1=C(Nc2ccc(Cl)cc2)CC(CC(=O)OC)=C(Nc2ccc(Cl)cc2)C1. The van der Waals surface area contributed by atoms with Crippen LogP contribution in [0.2, 0.25) is 10.0 Å². The molecule has 1 aliphatic rings. The molecule has 0 bridgehead atoms. The zero-order chi connectivity index (χ0) is 23.1. The van der Waals surface area contributed by atoms with Crippen molar-refractivity contribution in [2.75, 3.05) is 24.9 Å². The molecule has 0 heterocycles. The van der Waals surface area contributed by atoms with Crippen LogP contribution >= 0.6 is 23.2 Å². The highest BCUT2D eigenvalue weighted by molar-refractivity contribution is 6.30. The Morgan fingerprint density at radius 1 is 0.719 bits per heavy atom. The topological polar surface area (TPSA) is 76.7 Å². The summed E-state index contributed by atoms with van der Waals surface area (Å²) in [6.45, 7) is 0. The van der Waals surface area contributed by atoms with Crippen molar-refractivity contribution < 1.29 is 19.1 Å². The van der Waals surface area contributed by atoms with Crippen LogP contribution in [0.15, 0.2) is 71.1 Å². The standard InChI is InChI=1S/C24H24Cl2N2O4/c1-31-23(29)13-15-11-22(28-20-9-5-18(26)6-10-20)16(14-24(30)32-2)12-21(15)27-19-7-3-17(25)4-8-19/h3-10,27-28H,11-14H2,1-2H3. The van der Waals surface area contributed by atoms with Crippen molar-refractivity contribution in [1.29, 1.82) is 0 Å². The molecule has 168 valence electrons. The van der Waals surface area contributed by atoms with Gasteiger partial charge in [0, 0.05) is 45.7 Å². The minimum atomic E-state index is -0.335. The van der Waals surface area contributed by atoms with Crippen LogP contribution in [0.4, 0.5) is 11.4 Å². The van der Waals surface area contributed by atoms with Gasteiger partial charge in [-0.1, -0.05) is 23.2 Å². The number of ether oxygens (including phenoxy) is 2. The lowest BCUT2D eigenvalue weighted by atomic mass is 9.89. The predicted molar refractivity (Wildman–Crippen MR) is 127 cm³/mol. The molecule has 2 N–H and O–H groups in total. The number of esters is 2. The van der Waals surface area contributed by atoms with Crippen LogP contribution in [0, 0.1) is 0 Å². The van der Waals surface area contributed by atoms with E-state index in [-0.39, 0.29) is 24.8 Å². The number of rotatable bonds is 8. The van der Waals surface area contributed by atoms with E-state index in [9.17, 15) is 9.59 Å². The Morgan fingerprint density at radius 2 is 1.06 bits per heavy atom. The molecule has 0 unspecified atom stereocenters. The van der Waals surface area contributed by atoms with Gasteiger partial charge in [-0.2, -0.15) is 0 Å². The van der Waals surface area contributed by atoms with Crippen LogP contribution in [-0.2, 0) is 19.1 Å². The van der Waals surface area contributed by atoms with Crippen LogP contribution in [0.5, 0.6) is 0 Å². The van der Waals surface area contributed by atoms with Gasteiger partial charge in [0.1, 0.15) is 0 Å². The lowest BCUT2D eigenvalue weighted by Gasteiger charge is -2.27. The Kier molecular flexibility index (Phi) is 8.20. The molecule has 0 fully saturated rings. The first-order chi connectivity index (χ1) is 15.4. The largest absolute Gasteiger partial charge is 0.469 e. The second-order valence-electron chi connectivity index (χ2n) is 7.29. The van der Waals surface area contributed by atoms with E-state index in [1.54, 1.807) is 24.3 Å². The average molecular weight is 475 g/mol. The molecule has 0 saturated carbocycles. The van der Waals surface area contributed by atoms with Gasteiger partial charge in [-0.15, -0.1) is 0 Å². The Morgan fingerprint density at radius 3 is 1.38 bits per heavy atom. The molecule has 32 heavy (non-hydrogen) atoms. The first kappa shape index (κ1) is 23.7. The first-order valence-electron chi connectivity index (χ1n) is 9.98. The summed E-state index contributed by atoms with van der Waals surface area (Å²) < 4.78 is 9.80. The summed E-state index contributed by atoms with van der Waals surface area (Å²) in [5.41, 5.74) is 5.10. The van der Waals surface area contributed by atoms with Crippen LogP contribution in [0.3, 0.4) is 0 Å². The van der Waals surface area contributed by atoms with Crippen molar-refractivity contribution in [3.05, 3.63) is 81.1 Å². The molecule has 0 saturated heterocycles. The van der Waals surface area contributed by atoms with E-state index in [2.05, 4.69) is 10.6 Å². The molecule has 0 spiro atoms. The summed E-state index contributed by atoms with van der Waals surface area (Å²) in [6.07, 6.45) is 1.15. The Bertz CT molecular complexity index is 959. The van der Waals surface area contributed by atoms with E-state index in [1.807, 2.05) is 24.3 Å². The fourth-order valence-electron chi connectivity index (χ4n) is 3.40. The van der Waals surface area contributed by atoms with Crippen molar-refractivity contribution in [2.45, 2.75) is 25.7 Å². The monoisotopic (exact) mass is 474 g/mol. The molecule has 0 amide bonds. The maximum Gasteiger partial charge on any atom is 0.309 e. The third-order valence-electron chi connectivity index (χ3n) is 5.08. The summed E-state index contributed by atoms with van der Waals surface area (Å²) in [5.74, 6) is -0.671. The molecule has 8 heteroatoms.